The van der Waals surface area contributed by atoms with Gasteiger partial charge in [-0.05, 0) is 44.2 Å². The van der Waals surface area contributed by atoms with Crippen molar-refractivity contribution in [3.05, 3.63) is 58.6 Å². The molecule has 0 spiro atoms. The van der Waals surface area contributed by atoms with Crippen molar-refractivity contribution in [2.45, 2.75) is 25.7 Å². The van der Waals surface area contributed by atoms with Gasteiger partial charge in [0.25, 0.3) is 11.8 Å². The largest absolute Gasteiger partial charge is 0.339 e. The van der Waals surface area contributed by atoms with E-state index in [9.17, 15) is 13.8 Å². The van der Waals surface area contributed by atoms with E-state index in [1.807, 2.05) is 13.8 Å². The molecule has 2 aromatic rings. The molecule has 0 aromatic heterocycles. The Kier molecular flexibility index (Phi) is 7.56. The normalized spacial score (nSPS) is 11.7. The number of nitrogens with one attached hydrogen (secondary N) is 1. The Morgan fingerprint density at radius 3 is 2.30 bits per heavy atom. The van der Waals surface area contributed by atoms with E-state index >= 15 is 0 Å². The van der Waals surface area contributed by atoms with Gasteiger partial charge >= 0.3 is 0 Å². The van der Waals surface area contributed by atoms with Gasteiger partial charge in [-0.15, -0.1) is 0 Å². The zero-order valence-electron chi connectivity index (χ0n) is 15.6. The Morgan fingerprint density at radius 1 is 1.04 bits per heavy atom. The number of anilines is 1. The first-order chi connectivity index (χ1) is 12.9. The number of nitrogens with zero attached hydrogens (tertiary/aromatic N) is 1. The van der Waals surface area contributed by atoms with Crippen LogP contribution < -0.4 is 5.32 Å². The Bertz CT molecular complexity index is 866. The fourth-order valence-corrected chi connectivity index (χ4v) is 3.86. The third kappa shape index (κ3) is 4.96. The second-order valence-electron chi connectivity index (χ2n) is 5.76. The summed E-state index contributed by atoms with van der Waals surface area (Å²) >= 11 is 6.27. The monoisotopic (exact) mass is 406 g/mol. The van der Waals surface area contributed by atoms with Crippen LogP contribution in [0.5, 0.6) is 0 Å². The lowest BCUT2D eigenvalue weighted by atomic mass is 10.1. The molecule has 27 heavy (non-hydrogen) atoms. The first-order valence-electron chi connectivity index (χ1n) is 8.80. The van der Waals surface area contributed by atoms with E-state index in [1.165, 1.54) is 0 Å². The van der Waals surface area contributed by atoms with Crippen molar-refractivity contribution >= 4 is 39.9 Å². The minimum atomic E-state index is -1.24. The predicted octanol–water partition coefficient (Wildman–Crippen LogP) is 4.20. The van der Waals surface area contributed by atoms with E-state index in [4.69, 9.17) is 11.6 Å². The molecule has 2 rings (SSSR count). The number of carbonyl (C=O) groups excluding carboxylic acids is 2. The summed E-state index contributed by atoms with van der Waals surface area (Å²) in [6, 6.07) is 11.6. The number of carbonyl (C=O) groups is 2. The van der Waals surface area contributed by atoms with Crippen LogP contribution in [0.15, 0.2) is 47.4 Å². The Balaban J connectivity index is 2.24. The van der Waals surface area contributed by atoms with Crippen molar-refractivity contribution in [3.63, 3.8) is 0 Å². The molecule has 2 amide bonds. The van der Waals surface area contributed by atoms with Gasteiger partial charge in [0.05, 0.1) is 31.8 Å². The highest BCUT2D eigenvalue weighted by molar-refractivity contribution is 7.85. The zero-order valence-corrected chi connectivity index (χ0v) is 17.2. The Hall–Kier alpha value is -2.18. The van der Waals surface area contributed by atoms with Crippen LogP contribution in [0.25, 0.3) is 0 Å². The standard InChI is InChI=1S/C20H23ClN2O3S/c1-4-23(5-2)20(25)15-12-11-14(13-17(15)21)22-19(24)16-9-7-8-10-18(16)27(26)6-3/h7-13H,4-6H2,1-3H3,(H,22,24). The molecular weight excluding hydrogens is 384 g/mol. The zero-order chi connectivity index (χ0) is 20.0. The Morgan fingerprint density at radius 2 is 1.70 bits per heavy atom. The third-order valence-electron chi connectivity index (χ3n) is 4.15. The van der Waals surface area contributed by atoms with Crippen LogP contribution in [0.2, 0.25) is 5.02 Å². The van der Waals surface area contributed by atoms with Crippen LogP contribution in [0, 0.1) is 0 Å². The lowest BCUT2D eigenvalue weighted by molar-refractivity contribution is 0.0773. The van der Waals surface area contributed by atoms with Crippen LogP contribution in [-0.4, -0.2) is 39.8 Å². The summed E-state index contributed by atoms with van der Waals surface area (Å²) in [6.45, 7) is 6.80. The average molecular weight is 407 g/mol. The van der Waals surface area contributed by atoms with E-state index in [2.05, 4.69) is 5.32 Å². The molecule has 1 N–H and O–H groups in total. The summed E-state index contributed by atoms with van der Waals surface area (Å²) in [5.41, 5.74) is 1.22. The van der Waals surface area contributed by atoms with Gasteiger partial charge in [0.1, 0.15) is 0 Å². The number of halogens is 1. The van der Waals surface area contributed by atoms with Gasteiger partial charge in [-0.2, -0.15) is 0 Å². The predicted molar refractivity (Wildman–Crippen MR) is 110 cm³/mol. The summed E-state index contributed by atoms with van der Waals surface area (Å²) in [5, 5.41) is 3.03. The number of hydrogen-bond donors (Lipinski definition) is 1. The average Bonchev–Trinajstić information content (AvgIpc) is 2.68. The molecule has 1 atom stereocenters. The fourth-order valence-electron chi connectivity index (χ4n) is 2.65. The van der Waals surface area contributed by atoms with Gasteiger partial charge in [-0.1, -0.05) is 30.7 Å². The molecule has 0 aliphatic rings. The molecule has 0 fully saturated rings. The van der Waals surface area contributed by atoms with E-state index < -0.39 is 10.8 Å². The van der Waals surface area contributed by atoms with Crippen molar-refractivity contribution in [2.75, 3.05) is 24.2 Å². The van der Waals surface area contributed by atoms with Gasteiger partial charge in [0, 0.05) is 24.5 Å². The van der Waals surface area contributed by atoms with Crippen LogP contribution in [0.3, 0.4) is 0 Å². The first kappa shape index (κ1) is 21.1. The Labute approximate surface area is 167 Å². The van der Waals surface area contributed by atoms with Gasteiger partial charge in [0.2, 0.25) is 0 Å². The number of hydrogen-bond acceptors (Lipinski definition) is 3. The SMILES string of the molecule is CCN(CC)C(=O)c1ccc(NC(=O)c2ccccc2S(=O)CC)cc1Cl. The number of amides is 2. The summed E-state index contributed by atoms with van der Waals surface area (Å²) < 4.78 is 12.2. The smallest absolute Gasteiger partial charge is 0.256 e. The molecule has 0 aliphatic carbocycles. The van der Waals surface area contributed by atoms with Gasteiger partial charge < -0.3 is 10.2 Å². The lowest BCUT2D eigenvalue weighted by Crippen LogP contribution is -2.30. The summed E-state index contributed by atoms with van der Waals surface area (Å²) in [4.78, 5) is 27.3. The highest BCUT2D eigenvalue weighted by Crippen LogP contribution is 2.24. The second kappa shape index (κ2) is 9.67. The second-order valence-corrected chi connectivity index (χ2v) is 7.87. The molecule has 1 unspecified atom stereocenters. The van der Waals surface area contributed by atoms with E-state index in [1.54, 1.807) is 54.3 Å². The maximum absolute atomic E-state index is 12.6. The maximum atomic E-state index is 12.6. The van der Waals surface area contributed by atoms with Crippen LogP contribution >= 0.6 is 11.6 Å². The molecule has 0 bridgehead atoms. The van der Waals surface area contributed by atoms with Crippen molar-refractivity contribution in [1.82, 2.24) is 4.90 Å². The number of benzene rings is 2. The fraction of sp³-hybridized carbons (Fsp3) is 0.300. The molecule has 0 radical (unpaired) electrons. The van der Waals surface area contributed by atoms with Crippen molar-refractivity contribution in [3.8, 4) is 0 Å². The van der Waals surface area contributed by atoms with Crippen LogP contribution in [0.4, 0.5) is 5.69 Å². The molecule has 0 saturated carbocycles. The van der Waals surface area contributed by atoms with Gasteiger partial charge in [-0.25, -0.2) is 0 Å². The quantitative estimate of drug-likeness (QED) is 0.749. The van der Waals surface area contributed by atoms with Crippen LogP contribution in [-0.2, 0) is 10.8 Å². The molecule has 5 nitrogen and oxygen atoms in total. The minimum Gasteiger partial charge on any atom is -0.339 e. The van der Waals surface area contributed by atoms with Crippen molar-refractivity contribution < 1.29 is 13.8 Å². The summed E-state index contributed by atoms with van der Waals surface area (Å²) in [5.74, 6) is -0.0870. The summed E-state index contributed by atoms with van der Waals surface area (Å²) in [7, 11) is -1.24. The highest BCUT2D eigenvalue weighted by atomic mass is 35.5. The van der Waals surface area contributed by atoms with E-state index in [0.717, 1.165) is 0 Å². The minimum absolute atomic E-state index is 0.147. The van der Waals surface area contributed by atoms with Gasteiger partial charge in [0.15, 0.2) is 0 Å². The third-order valence-corrected chi connectivity index (χ3v) is 5.83. The summed E-state index contributed by atoms with van der Waals surface area (Å²) in [6.07, 6.45) is 0. The first-order valence-corrected chi connectivity index (χ1v) is 10.5. The van der Waals surface area contributed by atoms with Crippen molar-refractivity contribution in [1.29, 1.82) is 0 Å². The molecule has 0 saturated heterocycles. The molecule has 0 heterocycles. The lowest BCUT2D eigenvalue weighted by Gasteiger charge is -2.19. The molecule has 2 aromatic carbocycles. The topological polar surface area (TPSA) is 66.5 Å². The number of rotatable bonds is 7. The van der Waals surface area contributed by atoms with E-state index in [-0.39, 0.29) is 16.8 Å². The maximum Gasteiger partial charge on any atom is 0.256 e. The molecule has 144 valence electrons. The van der Waals surface area contributed by atoms with Crippen molar-refractivity contribution in [2.24, 2.45) is 0 Å². The van der Waals surface area contributed by atoms with Gasteiger partial charge in [-0.3, -0.25) is 13.8 Å². The highest BCUT2D eigenvalue weighted by Gasteiger charge is 2.18. The van der Waals surface area contributed by atoms with Crippen LogP contribution in [0.1, 0.15) is 41.5 Å². The molecular formula is C20H23ClN2O3S. The molecule has 7 heteroatoms. The van der Waals surface area contributed by atoms with E-state index in [0.29, 0.717) is 40.6 Å². The molecule has 0 aliphatic heterocycles.